The molecule has 0 radical (unpaired) electrons. The number of aliphatic hydroxyl groups is 2. The minimum atomic E-state index is -1.57. The van der Waals surface area contributed by atoms with E-state index in [4.69, 9.17) is 23.2 Å². The zero-order valence-electron chi connectivity index (χ0n) is 17.0. The van der Waals surface area contributed by atoms with E-state index in [1.165, 1.54) is 0 Å². The number of fused-ring (bicyclic) bond motifs is 5. The number of carbonyl (C=O) groups is 2. The molecule has 28 heavy (non-hydrogen) atoms. The molecule has 0 bridgehead atoms. The van der Waals surface area contributed by atoms with E-state index in [0.29, 0.717) is 31.5 Å². The maximum absolute atomic E-state index is 12.7. The average molecular weight is 431 g/mol. The molecule has 4 saturated carbocycles. The fourth-order valence-electron chi connectivity index (χ4n) is 8.04. The largest absolute Gasteiger partial charge is 0.388 e. The van der Waals surface area contributed by atoms with E-state index in [-0.39, 0.29) is 29.1 Å². The van der Waals surface area contributed by atoms with Gasteiger partial charge in [0.05, 0.1) is 10.3 Å². The number of hydrogen-bond acceptors (Lipinski definition) is 4. The van der Waals surface area contributed by atoms with Gasteiger partial charge < -0.3 is 10.2 Å². The van der Waals surface area contributed by atoms with Crippen molar-refractivity contribution in [1.29, 1.82) is 0 Å². The Hall–Kier alpha value is -0.160. The molecule has 4 aliphatic carbocycles. The molecule has 0 aromatic carbocycles. The van der Waals surface area contributed by atoms with Crippen LogP contribution in [0.2, 0.25) is 0 Å². The number of Topliss-reactive ketones (excluding diaryl/α,β-unsaturated/α-hetero) is 2. The first-order chi connectivity index (χ1) is 13.0. The molecule has 158 valence electrons. The van der Waals surface area contributed by atoms with Crippen LogP contribution in [-0.4, -0.2) is 44.2 Å². The lowest BCUT2D eigenvalue weighted by Gasteiger charge is -2.66. The second kappa shape index (κ2) is 6.42. The second-order valence-corrected chi connectivity index (χ2v) is 11.6. The Morgan fingerprint density at radius 2 is 1.89 bits per heavy atom. The van der Waals surface area contributed by atoms with Crippen molar-refractivity contribution in [1.82, 2.24) is 0 Å². The van der Waals surface area contributed by atoms with Crippen molar-refractivity contribution in [3.8, 4) is 0 Å². The van der Waals surface area contributed by atoms with Crippen LogP contribution in [0.3, 0.4) is 0 Å². The number of halogens is 2. The first-order valence-electron chi connectivity index (χ1n) is 10.7. The van der Waals surface area contributed by atoms with Crippen LogP contribution in [0.1, 0.15) is 65.7 Å². The van der Waals surface area contributed by atoms with E-state index in [2.05, 4.69) is 6.92 Å². The molecule has 0 aromatic heterocycles. The van der Waals surface area contributed by atoms with Crippen LogP contribution in [-0.2, 0) is 9.59 Å². The van der Waals surface area contributed by atoms with Crippen LogP contribution in [0, 0.1) is 34.5 Å². The number of alkyl halides is 2. The Morgan fingerprint density at radius 1 is 1.21 bits per heavy atom. The van der Waals surface area contributed by atoms with Gasteiger partial charge in [0.2, 0.25) is 0 Å². The highest BCUT2D eigenvalue weighted by molar-refractivity contribution is 6.33. The van der Waals surface area contributed by atoms with E-state index in [9.17, 15) is 19.8 Å². The first-order valence-corrected chi connectivity index (χ1v) is 11.5. The molecule has 4 fully saturated rings. The zero-order chi connectivity index (χ0) is 20.7. The SMILES string of the molecule is CC1C[C@H]2[C@@H]3CCC4CC(=O)CC[C@]4(C)[C@@]3(Cl)C(Cl)C[C@]2(C)[C@@]1(O)C(=O)CO. The van der Waals surface area contributed by atoms with Gasteiger partial charge in [0.25, 0.3) is 0 Å². The van der Waals surface area contributed by atoms with Crippen molar-refractivity contribution >= 4 is 34.8 Å². The number of rotatable bonds is 2. The van der Waals surface area contributed by atoms with Gasteiger partial charge in [0, 0.05) is 18.3 Å². The quantitative estimate of drug-likeness (QED) is 0.654. The standard InChI is InChI=1S/C22H32Cl2O4/c1-12-8-16-15-5-4-13-9-14(26)6-7-19(13,2)21(15,24)17(23)10-20(16,3)22(12,28)18(27)11-25/h12-13,15-17,25,28H,4-11H2,1-3H3/t12?,13?,15-,16-,17?,19-,20-,21-,22-/m0/s1. The Bertz CT molecular complexity index is 713. The van der Waals surface area contributed by atoms with E-state index < -0.39 is 33.7 Å². The van der Waals surface area contributed by atoms with Crippen LogP contribution < -0.4 is 0 Å². The molecule has 0 aromatic rings. The topological polar surface area (TPSA) is 74.6 Å². The Morgan fingerprint density at radius 3 is 2.54 bits per heavy atom. The predicted octanol–water partition coefficient (Wildman–Crippen LogP) is 3.72. The van der Waals surface area contributed by atoms with E-state index >= 15 is 0 Å². The number of carbonyl (C=O) groups excluding carboxylic acids is 2. The van der Waals surface area contributed by atoms with Gasteiger partial charge in [-0.05, 0) is 61.2 Å². The Balaban J connectivity index is 1.79. The Kier molecular flexibility index (Phi) is 4.83. The smallest absolute Gasteiger partial charge is 0.190 e. The lowest BCUT2D eigenvalue weighted by Crippen LogP contribution is -2.69. The molecule has 0 spiro atoms. The number of aliphatic hydroxyl groups excluding tert-OH is 1. The summed E-state index contributed by atoms with van der Waals surface area (Å²) in [7, 11) is 0. The average Bonchev–Trinajstić information content (AvgIpc) is 2.84. The molecular formula is C22H32Cl2O4. The fourth-order valence-corrected chi connectivity index (χ4v) is 9.35. The molecule has 0 aliphatic heterocycles. The van der Waals surface area contributed by atoms with Crippen LogP contribution in [0.25, 0.3) is 0 Å². The molecule has 0 saturated heterocycles. The molecular weight excluding hydrogens is 399 g/mol. The third kappa shape index (κ3) is 2.27. The predicted molar refractivity (Wildman–Crippen MR) is 108 cm³/mol. The Labute approximate surface area is 177 Å². The van der Waals surface area contributed by atoms with Crippen LogP contribution >= 0.6 is 23.2 Å². The lowest BCUT2D eigenvalue weighted by atomic mass is 9.43. The van der Waals surface area contributed by atoms with Crippen molar-refractivity contribution in [3.05, 3.63) is 0 Å². The highest BCUT2D eigenvalue weighted by atomic mass is 35.5. The second-order valence-electron chi connectivity index (χ2n) is 10.5. The number of hydrogen-bond donors (Lipinski definition) is 2. The van der Waals surface area contributed by atoms with Gasteiger partial charge in [-0.15, -0.1) is 23.2 Å². The van der Waals surface area contributed by atoms with Gasteiger partial charge in [0.1, 0.15) is 18.0 Å². The minimum Gasteiger partial charge on any atom is -0.388 e. The molecule has 6 heteroatoms. The van der Waals surface area contributed by atoms with Crippen molar-refractivity contribution in [3.63, 3.8) is 0 Å². The third-order valence-electron chi connectivity index (χ3n) is 9.66. The summed E-state index contributed by atoms with van der Waals surface area (Å²) in [4.78, 5) is 24.1. The maximum Gasteiger partial charge on any atom is 0.190 e. The molecule has 2 N–H and O–H groups in total. The summed E-state index contributed by atoms with van der Waals surface area (Å²) in [6.45, 7) is 5.43. The molecule has 4 nitrogen and oxygen atoms in total. The van der Waals surface area contributed by atoms with Crippen molar-refractivity contribution in [2.24, 2.45) is 34.5 Å². The maximum atomic E-state index is 12.7. The normalized spacial score (nSPS) is 56.0. The van der Waals surface area contributed by atoms with Gasteiger partial charge in [-0.25, -0.2) is 0 Å². The number of ketones is 2. The fraction of sp³-hybridized carbons (Fsp3) is 0.909. The summed E-state index contributed by atoms with van der Waals surface area (Å²) in [6, 6.07) is 0. The van der Waals surface area contributed by atoms with E-state index in [1.807, 2.05) is 13.8 Å². The van der Waals surface area contributed by atoms with Crippen molar-refractivity contribution < 1.29 is 19.8 Å². The highest BCUT2D eigenvalue weighted by Crippen LogP contribution is 2.73. The monoisotopic (exact) mass is 430 g/mol. The summed E-state index contributed by atoms with van der Waals surface area (Å²) < 4.78 is 0. The van der Waals surface area contributed by atoms with Crippen LogP contribution in [0.5, 0.6) is 0 Å². The van der Waals surface area contributed by atoms with Gasteiger partial charge in [-0.3, -0.25) is 9.59 Å². The van der Waals surface area contributed by atoms with Gasteiger partial charge in [-0.1, -0.05) is 20.8 Å². The summed E-state index contributed by atoms with van der Waals surface area (Å²) in [5, 5.41) is 20.7. The van der Waals surface area contributed by atoms with E-state index in [0.717, 1.165) is 19.3 Å². The van der Waals surface area contributed by atoms with Gasteiger partial charge in [-0.2, -0.15) is 0 Å². The highest BCUT2D eigenvalue weighted by Gasteiger charge is 2.75. The summed E-state index contributed by atoms with van der Waals surface area (Å²) >= 11 is 14.6. The zero-order valence-corrected chi connectivity index (χ0v) is 18.5. The molecule has 0 amide bonds. The van der Waals surface area contributed by atoms with Crippen LogP contribution in [0.4, 0.5) is 0 Å². The molecule has 3 unspecified atom stereocenters. The summed E-state index contributed by atoms with van der Waals surface area (Å²) in [5.41, 5.74) is -2.49. The van der Waals surface area contributed by atoms with Crippen molar-refractivity contribution in [2.75, 3.05) is 6.61 Å². The van der Waals surface area contributed by atoms with Gasteiger partial charge in [0.15, 0.2) is 5.78 Å². The lowest BCUT2D eigenvalue weighted by molar-refractivity contribution is -0.173. The summed E-state index contributed by atoms with van der Waals surface area (Å²) in [6.07, 6.45) is 4.88. The molecule has 4 aliphatic rings. The minimum absolute atomic E-state index is 0.0749. The molecule has 0 heterocycles. The molecule has 9 atom stereocenters. The van der Waals surface area contributed by atoms with Crippen LogP contribution in [0.15, 0.2) is 0 Å². The van der Waals surface area contributed by atoms with E-state index in [1.54, 1.807) is 0 Å². The van der Waals surface area contributed by atoms with Crippen molar-refractivity contribution in [2.45, 2.75) is 81.6 Å². The summed E-state index contributed by atoms with van der Waals surface area (Å²) in [5.74, 6) is -0.00315. The van der Waals surface area contributed by atoms with Gasteiger partial charge >= 0.3 is 0 Å². The molecule has 4 rings (SSSR count). The first kappa shape index (κ1) is 21.1. The third-order valence-corrected chi connectivity index (χ3v) is 11.2.